The van der Waals surface area contributed by atoms with E-state index >= 15 is 0 Å². The molecular formula is C13H13N3O2S. The molecular weight excluding hydrogens is 262 g/mol. The molecule has 1 aliphatic heterocycles. The van der Waals surface area contributed by atoms with Crippen LogP contribution in [0.1, 0.15) is 27.1 Å². The zero-order chi connectivity index (χ0) is 13.2. The van der Waals surface area contributed by atoms with Crippen LogP contribution in [0.25, 0.3) is 0 Å². The molecule has 0 fully saturated rings. The molecule has 2 aromatic rings. The maximum atomic E-state index is 12.1. The van der Waals surface area contributed by atoms with E-state index in [-0.39, 0.29) is 11.9 Å². The van der Waals surface area contributed by atoms with E-state index in [4.69, 9.17) is 10.5 Å². The number of benzene rings is 1. The van der Waals surface area contributed by atoms with E-state index in [0.717, 1.165) is 16.3 Å². The van der Waals surface area contributed by atoms with Gasteiger partial charge in [0.25, 0.3) is 5.91 Å². The quantitative estimate of drug-likeness (QED) is 0.889. The summed E-state index contributed by atoms with van der Waals surface area (Å²) in [7, 11) is 0. The lowest BCUT2D eigenvalue weighted by atomic mass is 10.1. The Bertz CT molecular complexity index is 611. The fraction of sp³-hybridized carbons (Fsp3) is 0.231. The number of fused-ring (bicyclic) bond motifs is 1. The summed E-state index contributed by atoms with van der Waals surface area (Å²) in [6.07, 6.45) is 0. The lowest BCUT2D eigenvalue weighted by Crippen LogP contribution is -2.29. The summed E-state index contributed by atoms with van der Waals surface area (Å²) in [4.78, 5) is 16.2. The summed E-state index contributed by atoms with van der Waals surface area (Å²) in [5, 5.41) is 5.41. The molecule has 3 N–H and O–H groups in total. The number of nitrogens with one attached hydrogen (secondary N) is 1. The Labute approximate surface area is 114 Å². The number of hydrogen-bond acceptors (Lipinski definition) is 5. The van der Waals surface area contributed by atoms with Crippen LogP contribution in [0, 0.1) is 0 Å². The van der Waals surface area contributed by atoms with Gasteiger partial charge in [-0.15, -0.1) is 11.3 Å². The first kappa shape index (κ1) is 12.1. The first-order valence-corrected chi connectivity index (χ1v) is 6.83. The summed E-state index contributed by atoms with van der Waals surface area (Å²) in [6.45, 7) is 0.812. The van der Waals surface area contributed by atoms with Gasteiger partial charge in [0.05, 0.1) is 6.04 Å². The number of nitrogens with zero attached hydrogens (tertiary/aromatic N) is 1. The maximum Gasteiger partial charge on any atom is 0.271 e. The van der Waals surface area contributed by atoms with Crippen LogP contribution >= 0.6 is 11.3 Å². The zero-order valence-corrected chi connectivity index (χ0v) is 10.9. The van der Waals surface area contributed by atoms with E-state index in [0.29, 0.717) is 18.8 Å². The Morgan fingerprint density at radius 1 is 1.53 bits per heavy atom. The van der Waals surface area contributed by atoms with Crippen molar-refractivity contribution in [2.24, 2.45) is 5.73 Å². The van der Waals surface area contributed by atoms with Crippen LogP contribution in [0.2, 0.25) is 0 Å². The SMILES string of the molecule is NCc1nc(C(=O)NC2COc3ccccc32)cs1. The molecule has 5 nitrogen and oxygen atoms in total. The van der Waals surface area contributed by atoms with E-state index in [9.17, 15) is 4.79 Å². The molecule has 19 heavy (non-hydrogen) atoms. The van der Waals surface area contributed by atoms with Gasteiger partial charge < -0.3 is 15.8 Å². The second-order valence-electron chi connectivity index (χ2n) is 4.21. The molecule has 1 aromatic carbocycles. The highest BCUT2D eigenvalue weighted by Crippen LogP contribution is 2.31. The highest BCUT2D eigenvalue weighted by molar-refractivity contribution is 7.09. The minimum atomic E-state index is -0.193. The van der Waals surface area contributed by atoms with Gasteiger partial charge in [-0.05, 0) is 6.07 Å². The Kier molecular flexibility index (Phi) is 3.18. The third-order valence-electron chi connectivity index (χ3n) is 2.96. The summed E-state index contributed by atoms with van der Waals surface area (Å²) in [5.41, 5.74) is 6.90. The fourth-order valence-corrected chi connectivity index (χ4v) is 2.68. The molecule has 1 aliphatic rings. The van der Waals surface area contributed by atoms with Gasteiger partial charge in [-0.2, -0.15) is 0 Å². The molecule has 2 heterocycles. The van der Waals surface area contributed by atoms with Crippen LogP contribution in [0.15, 0.2) is 29.6 Å². The predicted molar refractivity (Wildman–Crippen MR) is 72.1 cm³/mol. The van der Waals surface area contributed by atoms with E-state index in [1.165, 1.54) is 11.3 Å². The molecule has 6 heteroatoms. The average molecular weight is 275 g/mol. The molecule has 1 amide bonds. The zero-order valence-electron chi connectivity index (χ0n) is 10.1. The van der Waals surface area contributed by atoms with Gasteiger partial charge in [-0.3, -0.25) is 4.79 Å². The molecule has 0 radical (unpaired) electrons. The Morgan fingerprint density at radius 3 is 3.16 bits per heavy atom. The first-order valence-electron chi connectivity index (χ1n) is 5.95. The van der Waals surface area contributed by atoms with Gasteiger partial charge >= 0.3 is 0 Å². The van der Waals surface area contributed by atoms with Crippen LogP contribution < -0.4 is 15.8 Å². The van der Waals surface area contributed by atoms with Gasteiger partial charge in [0.2, 0.25) is 0 Å². The normalized spacial score (nSPS) is 16.8. The van der Waals surface area contributed by atoms with Crippen LogP contribution in [-0.4, -0.2) is 17.5 Å². The van der Waals surface area contributed by atoms with Crippen molar-refractivity contribution in [3.05, 3.63) is 45.9 Å². The second-order valence-corrected chi connectivity index (χ2v) is 5.15. The van der Waals surface area contributed by atoms with E-state index in [1.54, 1.807) is 5.38 Å². The summed E-state index contributed by atoms with van der Waals surface area (Å²) in [6, 6.07) is 7.59. The van der Waals surface area contributed by atoms with Gasteiger partial charge in [0.1, 0.15) is 23.1 Å². The lowest BCUT2D eigenvalue weighted by Gasteiger charge is -2.10. The van der Waals surface area contributed by atoms with E-state index in [2.05, 4.69) is 10.3 Å². The number of amides is 1. The second kappa shape index (κ2) is 4.99. The minimum absolute atomic E-state index is 0.119. The maximum absolute atomic E-state index is 12.1. The number of carbonyl (C=O) groups is 1. The number of ether oxygens (including phenoxy) is 1. The molecule has 98 valence electrons. The largest absolute Gasteiger partial charge is 0.491 e. The third-order valence-corrected chi connectivity index (χ3v) is 3.84. The minimum Gasteiger partial charge on any atom is -0.491 e. The molecule has 1 aromatic heterocycles. The van der Waals surface area contributed by atoms with E-state index < -0.39 is 0 Å². The standard InChI is InChI=1S/C13H13N3O2S/c14-5-12-15-10(7-19-12)13(17)16-9-6-18-11-4-2-1-3-8(9)11/h1-4,7,9H,5-6,14H2,(H,16,17). The molecule has 1 atom stereocenters. The highest BCUT2D eigenvalue weighted by atomic mass is 32.1. The number of nitrogens with two attached hydrogens (primary N) is 1. The first-order chi connectivity index (χ1) is 9.28. The monoisotopic (exact) mass is 275 g/mol. The Hall–Kier alpha value is -1.92. The average Bonchev–Trinajstić information content (AvgIpc) is 3.06. The smallest absolute Gasteiger partial charge is 0.271 e. The predicted octanol–water partition coefficient (Wildman–Crippen LogP) is 1.47. The number of aromatic nitrogens is 1. The van der Waals surface area contributed by atoms with Crippen molar-refractivity contribution in [1.29, 1.82) is 0 Å². The van der Waals surface area contributed by atoms with Crippen molar-refractivity contribution in [2.45, 2.75) is 12.6 Å². The fourth-order valence-electron chi connectivity index (χ4n) is 2.02. The molecule has 0 bridgehead atoms. The Morgan fingerprint density at radius 2 is 2.37 bits per heavy atom. The lowest BCUT2D eigenvalue weighted by molar-refractivity contribution is 0.0926. The molecule has 3 rings (SSSR count). The number of carbonyl (C=O) groups excluding carboxylic acids is 1. The van der Waals surface area contributed by atoms with Crippen molar-refractivity contribution in [1.82, 2.24) is 10.3 Å². The van der Waals surface area contributed by atoms with Gasteiger partial charge in [-0.25, -0.2) is 4.98 Å². The number of para-hydroxylation sites is 1. The molecule has 0 saturated carbocycles. The summed E-state index contributed by atoms with van der Waals surface area (Å²) < 4.78 is 5.52. The van der Waals surface area contributed by atoms with Crippen molar-refractivity contribution >= 4 is 17.2 Å². The topological polar surface area (TPSA) is 77.2 Å². The highest BCUT2D eigenvalue weighted by Gasteiger charge is 2.26. The molecule has 0 saturated heterocycles. The Balaban J connectivity index is 1.74. The van der Waals surface area contributed by atoms with Crippen LogP contribution in [0.3, 0.4) is 0 Å². The van der Waals surface area contributed by atoms with Crippen molar-refractivity contribution in [3.63, 3.8) is 0 Å². The molecule has 1 unspecified atom stereocenters. The van der Waals surface area contributed by atoms with Crippen LogP contribution in [0.5, 0.6) is 5.75 Å². The molecule has 0 spiro atoms. The van der Waals surface area contributed by atoms with Crippen molar-refractivity contribution in [3.8, 4) is 5.75 Å². The third kappa shape index (κ3) is 2.32. The van der Waals surface area contributed by atoms with Crippen molar-refractivity contribution in [2.75, 3.05) is 6.61 Å². The van der Waals surface area contributed by atoms with Crippen molar-refractivity contribution < 1.29 is 9.53 Å². The van der Waals surface area contributed by atoms with Gasteiger partial charge in [0.15, 0.2) is 0 Å². The molecule has 0 aliphatic carbocycles. The van der Waals surface area contributed by atoms with Crippen LogP contribution in [0.4, 0.5) is 0 Å². The van der Waals surface area contributed by atoms with Gasteiger partial charge in [-0.1, -0.05) is 18.2 Å². The number of rotatable bonds is 3. The van der Waals surface area contributed by atoms with Crippen LogP contribution in [-0.2, 0) is 6.54 Å². The summed E-state index contributed by atoms with van der Waals surface area (Å²) >= 11 is 1.39. The summed E-state index contributed by atoms with van der Waals surface area (Å²) in [5.74, 6) is 0.634. The number of thiazole rings is 1. The van der Waals surface area contributed by atoms with Gasteiger partial charge in [0, 0.05) is 17.5 Å². The number of hydrogen-bond donors (Lipinski definition) is 2. The van der Waals surface area contributed by atoms with E-state index in [1.807, 2.05) is 24.3 Å².